The Balaban J connectivity index is 1.63. The standard InChI is InChI=1S/C20H25N3O2S/c1-14-18(26-17(21-14)13-16-9-5-3-6-10-16)19(24)22-15(2)20(25)23-11-7-4-8-12-23/h3,5-6,9-10,15H,4,7-8,11-13H2,1-2H3,(H,22,24)/t15-/m0/s1. The summed E-state index contributed by atoms with van der Waals surface area (Å²) in [5.41, 5.74) is 1.89. The fraction of sp³-hybridized carbons (Fsp3) is 0.450. The highest BCUT2D eigenvalue weighted by molar-refractivity contribution is 7.13. The van der Waals surface area contributed by atoms with E-state index in [2.05, 4.69) is 22.4 Å². The molecule has 0 spiro atoms. The van der Waals surface area contributed by atoms with E-state index in [0.29, 0.717) is 11.3 Å². The molecule has 3 rings (SSSR count). The first-order chi connectivity index (χ1) is 12.5. The van der Waals surface area contributed by atoms with Gasteiger partial charge in [0.15, 0.2) is 0 Å². The summed E-state index contributed by atoms with van der Waals surface area (Å²) in [6, 6.07) is 9.57. The SMILES string of the molecule is Cc1nc(Cc2ccccc2)sc1C(=O)N[C@@H](C)C(=O)N1CCCCC1. The molecule has 138 valence electrons. The van der Waals surface area contributed by atoms with Gasteiger partial charge >= 0.3 is 0 Å². The van der Waals surface area contributed by atoms with Crippen LogP contribution in [0.2, 0.25) is 0 Å². The van der Waals surface area contributed by atoms with Crippen molar-refractivity contribution in [3.05, 3.63) is 51.5 Å². The molecule has 6 heteroatoms. The molecule has 0 unspecified atom stereocenters. The number of carbonyl (C=O) groups is 2. The van der Waals surface area contributed by atoms with Crippen molar-refractivity contribution in [1.82, 2.24) is 15.2 Å². The van der Waals surface area contributed by atoms with Gasteiger partial charge in [-0.05, 0) is 38.7 Å². The largest absolute Gasteiger partial charge is 0.341 e. The Morgan fingerprint density at radius 1 is 1.19 bits per heavy atom. The molecule has 1 fully saturated rings. The minimum atomic E-state index is -0.514. The smallest absolute Gasteiger partial charge is 0.263 e. The topological polar surface area (TPSA) is 62.3 Å². The minimum Gasteiger partial charge on any atom is -0.341 e. The Morgan fingerprint density at radius 2 is 1.88 bits per heavy atom. The van der Waals surface area contributed by atoms with Crippen molar-refractivity contribution in [3.8, 4) is 0 Å². The number of piperidine rings is 1. The number of aryl methyl sites for hydroxylation is 1. The number of thiazole rings is 1. The molecule has 1 atom stereocenters. The minimum absolute atomic E-state index is 0.00438. The number of likely N-dealkylation sites (tertiary alicyclic amines) is 1. The van der Waals surface area contributed by atoms with Gasteiger partial charge in [0.2, 0.25) is 5.91 Å². The van der Waals surface area contributed by atoms with E-state index in [1.54, 1.807) is 6.92 Å². The molecule has 1 aliphatic heterocycles. The zero-order valence-electron chi connectivity index (χ0n) is 15.3. The number of amides is 2. The Hall–Kier alpha value is -2.21. The molecular weight excluding hydrogens is 346 g/mol. The van der Waals surface area contributed by atoms with Gasteiger partial charge in [0, 0.05) is 19.5 Å². The van der Waals surface area contributed by atoms with Crippen molar-refractivity contribution in [2.45, 2.75) is 45.6 Å². The van der Waals surface area contributed by atoms with E-state index in [4.69, 9.17) is 0 Å². The van der Waals surface area contributed by atoms with Crippen LogP contribution in [0.15, 0.2) is 30.3 Å². The molecule has 1 aromatic carbocycles. The van der Waals surface area contributed by atoms with Crippen LogP contribution in [0.3, 0.4) is 0 Å². The lowest BCUT2D eigenvalue weighted by Crippen LogP contribution is -2.48. The molecule has 0 bridgehead atoms. The van der Waals surface area contributed by atoms with Crippen LogP contribution in [0.25, 0.3) is 0 Å². The maximum atomic E-state index is 12.6. The van der Waals surface area contributed by atoms with E-state index in [-0.39, 0.29) is 11.8 Å². The van der Waals surface area contributed by atoms with E-state index in [0.717, 1.165) is 36.6 Å². The third-order valence-electron chi connectivity index (χ3n) is 4.63. The average Bonchev–Trinajstić information content (AvgIpc) is 3.02. The zero-order valence-corrected chi connectivity index (χ0v) is 16.1. The maximum absolute atomic E-state index is 12.6. The molecule has 0 radical (unpaired) electrons. The first-order valence-corrected chi connectivity index (χ1v) is 9.96. The predicted octanol–water partition coefficient (Wildman–Crippen LogP) is 3.17. The van der Waals surface area contributed by atoms with Gasteiger partial charge in [-0.25, -0.2) is 4.98 Å². The monoisotopic (exact) mass is 371 g/mol. The van der Waals surface area contributed by atoms with Crippen molar-refractivity contribution in [2.24, 2.45) is 0 Å². The molecular formula is C20H25N3O2S. The van der Waals surface area contributed by atoms with Gasteiger partial charge in [-0.3, -0.25) is 9.59 Å². The highest BCUT2D eigenvalue weighted by atomic mass is 32.1. The number of benzene rings is 1. The summed E-state index contributed by atoms with van der Waals surface area (Å²) in [5.74, 6) is -0.207. The van der Waals surface area contributed by atoms with Gasteiger partial charge in [0.05, 0.1) is 10.7 Å². The average molecular weight is 372 g/mol. The molecule has 1 aromatic heterocycles. The van der Waals surface area contributed by atoms with Crippen molar-refractivity contribution < 1.29 is 9.59 Å². The van der Waals surface area contributed by atoms with Crippen LogP contribution < -0.4 is 5.32 Å². The number of nitrogens with zero attached hydrogens (tertiary/aromatic N) is 2. The van der Waals surface area contributed by atoms with E-state index in [1.165, 1.54) is 23.3 Å². The van der Waals surface area contributed by atoms with Crippen LogP contribution in [-0.4, -0.2) is 40.8 Å². The van der Waals surface area contributed by atoms with E-state index in [1.807, 2.05) is 30.0 Å². The first-order valence-electron chi connectivity index (χ1n) is 9.14. The van der Waals surface area contributed by atoms with E-state index in [9.17, 15) is 9.59 Å². The number of hydrogen-bond acceptors (Lipinski definition) is 4. The number of aromatic nitrogens is 1. The van der Waals surface area contributed by atoms with Crippen LogP contribution in [0.1, 0.15) is 52.1 Å². The number of carbonyl (C=O) groups excluding carboxylic acids is 2. The summed E-state index contributed by atoms with van der Waals surface area (Å²) in [7, 11) is 0. The maximum Gasteiger partial charge on any atom is 0.263 e. The van der Waals surface area contributed by atoms with Crippen molar-refractivity contribution in [2.75, 3.05) is 13.1 Å². The Bertz CT molecular complexity index is 767. The molecule has 1 aliphatic rings. The lowest BCUT2D eigenvalue weighted by molar-refractivity contribution is -0.133. The van der Waals surface area contributed by atoms with E-state index < -0.39 is 6.04 Å². The second kappa shape index (κ2) is 8.45. The van der Waals surface area contributed by atoms with Crippen molar-refractivity contribution in [1.29, 1.82) is 0 Å². The summed E-state index contributed by atoms with van der Waals surface area (Å²) < 4.78 is 0. The van der Waals surface area contributed by atoms with Crippen LogP contribution in [-0.2, 0) is 11.2 Å². The summed E-state index contributed by atoms with van der Waals surface area (Å²) in [6.45, 7) is 5.19. The summed E-state index contributed by atoms with van der Waals surface area (Å²) in [6.07, 6.45) is 3.98. The molecule has 1 N–H and O–H groups in total. The zero-order chi connectivity index (χ0) is 18.5. The number of nitrogens with one attached hydrogen (secondary N) is 1. The van der Waals surface area contributed by atoms with Gasteiger partial charge in [0.1, 0.15) is 10.9 Å². The normalized spacial score (nSPS) is 15.5. The Kier molecular flexibility index (Phi) is 6.04. The summed E-state index contributed by atoms with van der Waals surface area (Å²) >= 11 is 1.40. The highest BCUT2D eigenvalue weighted by Crippen LogP contribution is 2.21. The quantitative estimate of drug-likeness (QED) is 0.878. The van der Waals surface area contributed by atoms with Crippen LogP contribution in [0.5, 0.6) is 0 Å². The number of rotatable bonds is 5. The third-order valence-corrected chi connectivity index (χ3v) is 5.79. The summed E-state index contributed by atoms with van der Waals surface area (Å²) in [4.78, 5) is 32.1. The lowest BCUT2D eigenvalue weighted by Gasteiger charge is -2.29. The predicted molar refractivity (Wildman–Crippen MR) is 103 cm³/mol. The van der Waals surface area contributed by atoms with Crippen LogP contribution >= 0.6 is 11.3 Å². The van der Waals surface area contributed by atoms with Gasteiger partial charge in [-0.2, -0.15) is 0 Å². The molecule has 2 aromatic rings. The molecule has 2 heterocycles. The van der Waals surface area contributed by atoms with Gasteiger partial charge in [-0.1, -0.05) is 30.3 Å². The van der Waals surface area contributed by atoms with E-state index >= 15 is 0 Å². The van der Waals surface area contributed by atoms with Gasteiger partial charge in [-0.15, -0.1) is 11.3 Å². The first kappa shape index (κ1) is 18.6. The van der Waals surface area contributed by atoms with Crippen LogP contribution in [0, 0.1) is 6.92 Å². The Morgan fingerprint density at radius 3 is 2.58 bits per heavy atom. The molecule has 2 amide bonds. The molecule has 0 saturated carbocycles. The Labute approximate surface area is 158 Å². The molecule has 5 nitrogen and oxygen atoms in total. The second-order valence-corrected chi connectivity index (χ2v) is 7.85. The second-order valence-electron chi connectivity index (χ2n) is 6.77. The highest BCUT2D eigenvalue weighted by Gasteiger charge is 2.25. The third kappa shape index (κ3) is 4.49. The van der Waals surface area contributed by atoms with Gasteiger partial charge < -0.3 is 10.2 Å². The fourth-order valence-corrected chi connectivity index (χ4v) is 4.22. The summed E-state index contributed by atoms with van der Waals surface area (Å²) in [5, 5.41) is 3.76. The molecule has 26 heavy (non-hydrogen) atoms. The molecule has 0 aliphatic carbocycles. The molecule has 1 saturated heterocycles. The lowest BCUT2D eigenvalue weighted by atomic mass is 10.1. The number of hydrogen-bond donors (Lipinski definition) is 1. The van der Waals surface area contributed by atoms with Gasteiger partial charge in [0.25, 0.3) is 5.91 Å². The fourth-order valence-electron chi connectivity index (χ4n) is 3.22. The van der Waals surface area contributed by atoms with Crippen molar-refractivity contribution >= 4 is 23.2 Å². The van der Waals surface area contributed by atoms with Crippen LogP contribution in [0.4, 0.5) is 0 Å². The van der Waals surface area contributed by atoms with Crippen molar-refractivity contribution in [3.63, 3.8) is 0 Å².